The average molecular weight is 239 g/mol. The van der Waals surface area contributed by atoms with E-state index < -0.39 is 0 Å². The minimum atomic E-state index is -0.0591. The molecule has 1 N–H and O–H groups in total. The first-order valence-corrected chi connectivity index (χ1v) is 6.03. The van der Waals surface area contributed by atoms with Crippen LogP contribution in [0.15, 0.2) is 18.3 Å². The topological polar surface area (TPSA) is 42.0 Å². The van der Waals surface area contributed by atoms with Gasteiger partial charge in [-0.15, -0.1) is 0 Å². The lowest BCUT2D eigenvalue weighted by Crippen LogP contribution is -2.28. The van der Waals surface area contributed by atoms with Crippen LogP contribution >= 0.6 is 11.6 Å². The van der Waals surface area contributed by atoms with Crippen LogP contribution < -0.4 is 5.32 Å². The van der Waals surface area contributed by atoms with Crippen LogP contribution in [0.25, 0.3) is 0 Å². The van der Waals surface area contributed by atoms with Crippen molar-refractivity contribution in [3.8, 4) is 0 Å². The molecule has 86 valence electrons. The summed E-state index contributed by atoms with van der Waals surface area (Å²) in [6.45, 7) is 0.777. The molecule has 0 unspecified atom stereocenters. The summed E-state index contributed by atoms with van der Waals surface area (Å²) in [7, 11) is 0. The first-order chi connectivity index (χ1) is 7.75. The zero-order chi connectivity index (χ0) is 11.4. The Morgan fingerprint density at radius 3 is 2.94 bits per heavy atom. The van der Waals surface area contributed by atoms with Crippen LogP contribution in [0.2, 0.25) is 5.15 Å². The fourth-order valence-corrected chi connectivity index (χ4v) is 2.27. The number of carbonyl (C=O) groups is 1. The molecule has 1 fully saturated rings. The fourth-order valence-electron chi connectivity index (χ4n) is 2.10. The fraction of sp³-hybridized carbons (Fsp3) is 0.500. The summed E-state index contributed by atoms with van der Waals surface area (Å²) in [4.78, 5) is 15.6. The van der Waals surface area contributed by atoms with Crippen molar-refractivity contribution >= 4 is 17.5 Å². The van der Waals surface area contributed by atoms with E-state index >= 15 is 0 Å². The molecule has 0 bridgehead atoms. The molecular weight excluding hydrogens is 224 g/mol. The highest BCUT2D eigenvalue weighted by Gasteiger charge is 2.16. The van der Waals surface area contributed by atoms with Gasteiger partial charge in [-0.3, -0.25) is 4.79 Å². The van der Waals surface area contributed by atoms with Crippen LogP contribution in [-0.4, -0.2) is 17.4 Å². The summed E-state index contributed by atoms with van der Waals surface area (Å²) in [6.07, 6.45) is 6.60. The van der Waals surface area contributed by atoms with E-state index in [0.717, 1.165) is 6.54 Å². The van der Waals surface area contributed by atoms with Gasteiger partial charge in [0.2, 0.25) is 0 Å². The van der Waals surface area contributed by atoms with Gasteiger partial charge in [-0.1, -0.05) is 24.4 Å². The van der Waals surface area contributed by atoms with Crippen LogP contribution in [0.3, 0.4) is 0 Å². The standard InChI is InChI=1S/C12H15ClN2O/c13-11-7-10(5-6-14-11)12(16)15-8-9-3-1-2-4-9/h5-7,9H,1-4,8H2,(H,15,16). The lowest BCUT2D eigenvalue weighted by molar-refractivity contribution is 0.0947. The number of nitrogens with one attached hydrogen (secondary N) is 1. The van der Waals surface area contributed by atoms with Gasteiger partial charge >= 0.3 is 0 Å². The summed E-state index contributed by atoms with van der Waals surface area (Å²) in [5.41, 5.74) is 0.581. The van der Waals surface area contributed by atoms with Gasteiger partial charge in [0.25, 0.3) is 5.91 Å². The number of nitrogens with zero attached hydrogens (tertiary/aromatic N) is 1. The normalized spacial score (nSPS) is 16.3. The molecule has 0 atom stereocenters. The third-order valence-electron chi connectivity index (χ3n) is 3.01. The Kier molecular flexibility index (Phi) is 3.78. The minimum absolute atomic E-state index is 0.0591. The van der Waals surface area contributed by atoms with Crippen molar-refractivity contribution in [3.05, 3.63) is 29.0 Å². The number of carbonyl (C=O) groups excluding carboxylic acids is 1. The second-order valence-corrected chi connectivity index (χ2v) is 4.61. The summed E-state index contributed by atoms with van der Waals surface area (Å²) < 4.78 is 0. The van der Waals surface area contributed by atoms with Crippen LogP contribution in [0.5, 0.6) is 0 Å². The van der Waals surface area contributed by atoms with Gasteiger partial charge in [0.05, 0.1) is 0 Å². The second kappa shape index (κ2) is 5.30. The van der Waals surface area contributed by atoms with Crippen molar-refractivity contribution in [1.82, 2.24) is 10.3 Å². The highest BCUT2D eigenvalue weighted by molar-refractivity contribution is 6.29. The molecule has 0 aromatic carbocycles. The number of aromatic nitrogens is 1. The summed E-state index contributed by atoms with van der Waals surface area (Å²) >= 11 is 5.73. The predicted octanol–water partition coefficient (Wildman–Crippen LogP) is 2.66. The van der Waals surface area contributed by atoms with Crippen molar-refractivity contribution in [1.29, 1.82) is 0 Å². The molecule has 16 heavy (non-hydrogen) atoms. The van der Waals surface area contributed by atoms with E-state index in [1.807, 2.05) is 0 Å². The van der Waals surface area contributed by atoms with Crippen molar-refractivity contribution in [2.75, 3.05) is 6.54 Å². The first kappa shape index (κ1) is 11.4. The smallest absolute Gasteiger partial charge is 0.251 e. The maximum absolute atomic E-state index is 11.8. The molecule has 1 aromatic rings. The molecule has 0 spiro atoms. The maximum Gasteiger partial charge on any atom is 0.251 e. The van der Waals surface area contributed by atoms with Crippen LogP contribution in [-0.2, 0) is 0 Å². The molecule has 1 aromatic heterocycles. The molecular formula is C12H15ClN2O. The van der Waals surface area contributed by atoms with E-state index in [-0.39, 0.29) is 5.91 Å². The van der Waals surface area contributed by atoms with Crippen molar-refractivity contribution in [2.45, 2.75) is 25.7 Å². The summed E-state index contributed by atoms with van der Waals surface area (Å²) in [5.74, 6) is 0.595. The molecule has 3 nitrogen and oxygen atoms in total. The SMILES string of the molecule is O=C(NCC1CCCC1)c1ccnc(Cl)c1. The number of amides is 1. The van der Waals surface area contributed by atoms with Gasteiger partial charge in [-0.05, 0) is 30.9 Å². The highest BCUT2D eigenvalue weighted by Crippen LogP contribution is 2.23. The van der Waals surface area contributed by atoms with Gasteiger partial charge in [0, 0.05) is 18.3 Å². The molecule has 0 saturated heterocycles. The lowest BCUT2D eigenvalue weighted by Gasteiger charge is -2.10. The monoisotopic (exact) mass is 238 g/mol. The zero-order valence-corrected chi connectivity index (χ0v) is 9.83. The number of hydrogen-bond acceptors (Lipinski definition) is 2. The number of hydrogen-bond donors (Lipinski definition) is 1. The van der Waals surface area contributed by atoms with Crippen molar-refractivity contribution in [3.63, 3.8) is 0 Å². The third kappa shape index (κ3) is 2.95. The molecule has 1 saturated carbocycles. The van der Waals surface area contributed by atoms with Gasteiger partial charge in [0.1, 0.15) is 5.15 Å². The Morgan fingerprint density at radius 2 is 2.25 bits per heavy atom. The van der Waals surface area contributed by atoms with Crippen LogP contribution in [0, 0.1) is 5.92 Å². The Morgan fingerprint density at radius 1 is 1.50 bits per heavy atom. The van der Waals surface area contributed by atoms with Gasteiger partial charge in [-0.25, -0.2) is 4.98 Å². The van der Waals surface area contributed by atoms with Gasteiger partial charge in [-0.2, -0.15) is 0 Å². The Hall–Kier alpha value is -1.09. The summed E-state index contributed by atoms with van der Waals surface area (Å²) in [5, 5.41) is 3.30. The quantitative estimate of drug-likeness (QED) is 0.823. The molecule has 1 aliphatic carbocycles. The molecule has 1 heterocycles. The highest BCUT2D eigenvalue weighted by atomic mass is 35.5. The third-order valence-corrected chi connectivity index (χ3v) is 3.22. The maximum atomic E-state index is 11.8. The minimum Gasteiger partial charge on any atom is -0.352 e. The molecule has 0 radical (unpaired) electrons. The Bertz CT molecular complexity index is 375. The van der Waals surface area contributed by atoms with Gasteiger partial charge in [0.15, 0.2) is 0 Å². The molecule has 1 amide bonds. The molecule has 0 aliphatic heterocycles. The van der Waals surface area contributed by atoms with Crippen molar-refractivity contribution < 1.29 is 4.79 Å². The molecule has 2 rings (SSSR count). The van der Waals surface area contributed by atoms with E-state index in [9.17, 15) is 4.79 Å². The van der Waals surface area contributed by atoms with E-state index in [2.05, 4.69) is 10.3 Å². The Labute approximate surface area is 100 Å². The van der Waals surface area contributed by atoms with Crippen molar-refractivity contribution in [2.24, 2.45) is 5.92 Å². The number of pyridine rings is 1. The van der Waals surface area contributed by atoms with Crippen LogP contribution in [0.1, 0.15) is 36.0 Å². The first-order valence-electron chi connectivity index (χ1n) is 5.65. The van der Waals surface area contributed by atoms with Gasteiger partial charge < -0.3 is 5.32 Å². The Balaban J connectivity index is 1.87. The largest absolute Gasteiger partial charge is 0.352 e. The number of halogens is 1. The predicted molar refractivity (Wildman–Crippen MR) is 63.5 cm³/mol. The van der Waals surface area contributed by atoms with E-state index in [4.69, 9.17) is 11.6 Å². The molecule has 1 aliphatic rings. The number of rotatable bonds is 3. The molecule has 4 heteroatoms. The van der Waals surface area contributed by atoms with E-state index in [1.165, 1.54) is 25.7 Å². The lowest BCUT2D eigenvalue weighted by atomic mass is 10.1. The van der Waals surface area contributed by atoms with Crippen LogP contribution in [0.4, 0.5) is 0 Å². The zero-order valence-electron chi connectivity index (χ0n) is 9.08. The van der Waals surface area contributed by atoms with E-state index in [1.54, 1.807) is 18.3 Å². The average Bonchev–Trinajstić information content (AvgIpc) is 2.78. The van der Waals surface area contributed by atoms with E-state index in [0.29, 0.717) is 16.6 Å². The second-order valence-electron chi connectivity index (χ2n) is 4.23. The summed E-state index contributed by atoms with van der Waals surface area (Å²) in [6, 6.07) is 3.27.